The van der Waals surface area contributed by atoms with Gasteiger partial charge in [0.15, 0.2) is 0 Å². The standard InChI is InChI=1S/C12H18FN5O7S.Li/c1-6-4-7-5-17(12(22)18(7)25-9(13)11(20)21)8(6)10(19)15-2-3-16-26(14,23)24;/h4,7-9,16H,2-3,5H2,1H3,(H,15,19)(H,20,21)(H2,14,23,24);/q;+1/p-1/t7-,8+,9-;/m1./s1. The number of hydrogen-bond donors (Lipinski definition) is 3. The van der Waals surface area contributed by atoms with Crippen molar-refractivity contribution in [3.63, 3.8) is 0 Å². The molecular formula is C12H17FLiN5O7S. The molecule has 0 aromatic carbocycles. The molecule has 3 amide bonds. The molecule has 2 heterocycles. The van der Waals surface area contributed by atoms with Gasteiger partial charge in [-0.05, 0) is 12.5 Å². The van der Waals surface area contributed by atoms with E-state index in [9.17, 15) is 32.3 Å². The molecule has 0 spiro atoms. The van der Waals surface area contributed by atoms with Crippen molar-refractivity contribution in [1.29, 1.82) is 0 Å². The second-order valence-electron chi connectivity index (χ2n) is 5.61. The molecule has 2 aliphatic rings. The van der Waals surface area contributed by atoms with Gasteiger partial charge in [0, 0.05) is 13.1 Å². The minimum Gasteiger partial charge on any atom is -0.544 e. The fourth-order valence-electron chi connectivity index (χ4n) is 2.69. The van der Waals surface area contributed by atoms with Crippen LogP contribution in [0, 0.1) is 0 Å². The zero-order valence-electron chi connectivity index (χ0n) is 14.5. The summed E-state index contributed by atoms with van der Waals surface area (Å²) in [5.74, 6) is -2.73. The molecular weight excluding hydrogens is 384 g/mol. The van der Waals surface area contributed by atoms with E-state index >= 15 is 0 Å². The average Bonchev–Trinajstić information content (AvgIpc) is 2.75. The number of alkyl halides is 1. The van der Waals surface area contributed by atoms with E-state index in [1.165, 1.54) is 6.08 Å². The Balaban J connectivity index is 0.00000364. The van der Waals surface area contributed by atoms with Crippen LogP contribution in [-0.4, -0.2) is 74.4 Å². The normalized spacial score (nSPS) is 22.8. The first-order chi connectivity index (χ1) is 12.0. The molecule has 0 aliphatic carbocycles. The number of amides is 3. The molecule has 27 heavy (non-hydrogen) atoms. The fourth-order valence-corrected chi connectivity index (χ4v) is 3.08. The van der Waals surface area contributed by atoms with Crippen LogP contribution in [0.2, 0.25) is 0 Å². The van der Waals surface area contributed by atoms with E-state index < -0.39 is 46.6 Å². The number of nitrogens with zero attached hydrogens (tertiary/aromatic N) is 2. The number of hydrogen-bond acceptors (Lipinski definition) is 7. The number of fused-ring (bicyclic) bond motifs is 2. The van der Waals surface area contributed by atoms with Crippen LogP contribution in [-0.2, 0) is 24.6 Å². The van der Waals surface area contributed by atoms with Crippen molar-refractivity contribution in [3.8, 4) is 0 Å². The van der Waals surface area contributed by atoms with Gasteiger partial charge in [-0.2, -0.15) is 13.5 Å². The van der Waals surface area contributed by atoms with E-state index in [0.717, 1.165) is 4.90 Å². The van der Waals surface area contributed by atoms with Gasteiger partial charge in [-0.3, -0.25) is 4.79 Å². The quantitative estimate of drug-likeness (QED) is 0.206. The van der Waals surface area contributed by atoms with E-state index in [-0.39, 0.29) is 38.5 Å². The summed E-state index contributed by atoms with van der Waals surface area (Å²) >= 11 is 0. The second-order valence-corrected chi connectivity index (χ2v) is 6.99. The maximum absolute atomic E-state index is 13.2. The van der Waals surface area contributed by atoms with E-state index in [0.29, 0.717) is 10.6 Å². The predicted molar refractivity (Wildman–Crippen MR) is 80.4 cm³/mol. The van der Waals surface area contributed by atoms with Crippen LogP contribution in [0.4, 0.5) is 9.18 Å². The Morgan fingerprint density at radius 2 is 2.11 bits per heavy atom. The van der Waals surface area contributed by atoms with Crippen molar-refractivity contribution in [2.24, 2.45) is 5.14 Å². The summed E-state index contributed by atoms with van der Waals surface area (Å²) in [6.45, 7) is 1.32. The summed E-state index contributed by atoms with van der Waals surface area (Å²) in [5.41, 5.74) is 0.460. The van der Waals surface area contributed by atoms with E-state index in [1.54, 1.807) is 6.92 Å². The van der Waals surface area contributed by atoms with Gasteiger partial charge in [0.25, 0.3) is 16.6 Å². The first-order valence-electron chi connectivity index (χ1n) is 7.36. The van der Waals surface area contributed by atoms with Crippen molar-refractivity contribution in [2.45, 2.75) is 25.4 Å². The number of urea groups is 1. The molecule has 146 valence electrons. The average molecular weight is 401 g/mol. The van der Waals surface area contributed by atoms with E-state index in [2.05, 4.69) is 10.2 Å². The Bertz CT molecular complexity index is 748. The number of carbonyl (C=O) groups excluding carboxylic acids is 3. The minimum absolute atomic E-state index is 0. The maximum Gasteiger partial charge on any atom is 1.00 e. The third-order valence-electron chi connectivity index (χ3n) is 3.68. The summed E-state index contributed by atoms with van der Waals surface area (Å²) in [4.78, 5) is 40.6. The minimum atomic E-state index is -3.89. The van der Waals surface area contributed by atoms with Gasteiger partial charge in [0.1, 0.15) is 12.0 Å². The van der Waals surface area contributed by atoms with Crippen LogP contribution >= 0.6 is 0 Å². The summed E-state index contributed by atoms with van der Waals surface area (Å²) in [5, 5.41) is 18.2. The molecule has 2 bridgehead atoms. The summed E-state index contributed by atoms with van der Waals surface area (Å²) < 4.78 is 36.7. The number of nitrogens with two attached hydrogens (primary N) is 1. The SMILES string of the molecule is CC1=C[C@@H]2CN(C(=O)N2O[C@@H](F)C(=O)[O-])[C@@H]1C(=O)NCCNS(N)(=O)=O.[Li+]. The molecule has 0 aromatic heterocycles. The Labute approximate surface area is 166 Å². The van der Waals surface area contributed by atoms with Gasteiger partial charge < -0.3 is 20.1 Å². The van der Waals surface area contributed by atoms with Crippen molar-refractivity contribution in [3.05, 3.63) is 11.6 Å². The fraction of sp³-hybridized carbons (Fsp3) is 0.583. The maximum atomic E-state index is 13.2. The zero-order valence-corrected chi connectivity index (χ0v) is 15.4. The summed E-state index contributed by atoms with van der Waals surface area (Å²) in [6, 6.07) is -2.66. The molecule has 12 nitrogen and oxygen atoms in total. The number of aliphatic carboxylic acids is 1. The monoisotopic (exact) mass is 401 g/mol. The first kappa shape index (κ1) is 23.3. The van der Waals surface area contributed by atoms with Crippen LogP contribution in [0.25, 0.3) is 0 Å². The van der Waals surface area contributed by atoms with Gasteiger partial charge >= 0.3 is 24.9 Å². The largest absolute Gasteiger partial charge is 1.00 e. The molecule has 2 rings (SSSR count). The molecule has 2 aliphatic heterocycles. The molecule has 0 radical (unpaired) electrons. The van der Waals surface area contributed by atoms with Gasteiger partial charge in [0.2, 0.25) is 5.91 Å². The van der Waals surface area contributed by atoms with Crippen molar-refractivity contribution in [2.75, 3.05) is 19.6 Å². The Kier molecular flexibility index (Phi) is 7.78. The van der Waals surface area contributed by atoms with Crippen LogP contribution in [0.5, 0.6) is 0 Å². The Hall–Kier alpha value is -1.69. The molecule has 0 aromatic rings. The second kappa shape index (κ2) is 9.00. The van der Waals surface area contributed by atoms with Crippen LogP contribution in [0.15, 0.2) is 11.6 Å². The van der Waals surface area contributed by atoms with Gasteiger partial charge in [-0.15, -0.1) is 0 Å². The van der Waals surface area contributed by atoms with E-state index in [4.69, 9.17) is 5.14 Å². The van der Waals surface area contributed by atoms with E-state index in [1.807, 2.05) is 4.72 Å². The number of carboxylic acids is 1. The third-order valence-corrected chi connectivity index (χ3v) is 4.29. The van der Waals surface area contributed by atoms with Crippen molar-refractivity contribution < 1.29 is 56.0 Å². The number of halogens is 1. The topological polar surface area (TPSA) is 174 Å². The molecule has 3 atom stereocenters. The molecule has 0 saturated carbocycles. The molecule has 1 saturated heterocycles. The van der Waals surface area contributed by atoms with Gasteiger partial charge in [0.05, 0.1) is 12.6 Å². The smallest absolute Gasteiger partial charge is 0.544 e. The number of carbonyl (C=O) groups is 3. The van der Waals surface area contributed by atoms with Crippen molar-refractivity contribution >= 4 is 28.1 Å². The molecule has 0 unspecified atom stereocenters. The molecule has 15 heteroatoms. The third kappa shape index (κ3) is 5.64. The molecule has 4 N–H and O–H groups in total. The number of hydroxylamine groups is 2. The van der Waals surface area contributed by atoms with Crippen LogP contribution in [0.1, 0.15) is 6.92 Å². The predicted octanol–water partition coefficient (Wildman–Crippen LogP) is -6.69. The Morgan fingerprint density at radius 1 is 1.48 bits per heavy atom. The number of carboxylic acid groups (broad SMARTS) is 1. The number of nitrogens with one attached hydrogen (secondary N) is 2. The zero-order chi connectivity index (χ0) is 19.6. The summed E-state index contributed by atoms with van der Waals surface area (Å²) in [7, 11) is -3.89. The van der Waals surface area contributed by atoms with Crippen LogP contribution < -0.4 is 39.1 Å². The number of rotatable bonds is 8. The van der Waals surface area contributed by atoms with Crippen LogP contribution in [0.3, 0.4) is 0 Å². The summed E-state index contributed by atoms with van der Waals surface area (Å²) in [6.07, 6.45) is -1.35. The molecule has 1 fully saturated rings. The van der Waals surface area contributed by atoms with Gasteiger partial charge in [-0.25, -0.2) is 23.9 Å². The first-order valence-corrected chi connectivity index (χ1v) is 8.91. The van der Waals surface area contributed by atoms with Gasteiger partial charge in [-0.1, -0.05) is 6.08 Å². The van der Waals surface area contributed by atoms with Crippen molar-refractivity contribution in [1.82, 2.24) is 20.0 Å². The Morgan fingerprint density at radius 3 is 2.67 bits per heavy atom.